The molecule has 0 saturated heterocycles. The smallest absolute Gasteiger partial charge is 0.337 e. The minimum Gasteiger partial charge on any atom is -0.465 e. The number of thiocarbonyl (C=S) groups is 1. The topological polar surface area (TPSA) is 62.7 Å². The molecule has 0 atom stereocenters. The molecule has 0 aliphatic heterocycles. The molecule has 0 saturated carbocycles. The third kappa shape index (κ3) is 4.89. The van der Waals surface area contributed by atoms with E-state index in [0.29, 0.717) is 10.7 Å². The van der Waals surface area contributed by atoms with Crippen molar-refractivity contribution in [3.8, 4) is 0 Å². The summed E-state index contributed by atoms with van der Waals surface area (Å²) in [6, 6.07) is 14.7. The van der Waals surface area contributed by atoms with Crippen LogP contribution >= 0.6 is 12.2 Å². The Morgan fingerprint density at radius 2 is 1.87 bits per heavy atom. The number of ether oxygens (including phenoxy) is 1. The van der Waals surface area contributed by atoms with Gasteiger partial charge in [-0.2, -0.15) is 5.10 Å². The van der Waals surface area contributed by atoms with Gasteiger partial charge in [0.05, 0.1) is 18.9 Å². The number of aryl methyl sites for hydroxylation is 1. The molecule has 0 unspecified atom stereocenters. The number of nitrogens with zero attached hydrogens (tertiary/aromatic N) is 1. The number of anilines is 1. The molecule has 23 heavy (non-hydrogen) atoms. The zero-order valence-corrected chi connectivity index (χ0v) is 13.7. The summed E-state index contributed by atoms with van der Waals surface area (Å²) in [5.41, 5.74) is 6.14. The standard InChI is InChI=1S/C17H17N3O2S/c1-12-5-3-4-6-14(12)11-18-20-17(23)19-15-9-7-13(8-10-15)16(21)22-2/h3-11H,1-2H3,(H2,19,20,23)/b18-11+. The van der Waals surface area contributed by atoms with E-state index in [1.807, 2.05) is 31.2 Å². The quantitative estimate of drug-likeness (QED) is 0.391. The lowest BCUT2D eigenvalue weighted by Crippen LogP contribution is -2.23. The van der Waals surface area contributed by atoms with Crippen molar-refractivity contribution < 1.29 is 9.53 Å². The fourth-order valence-electron chi connectivity index (χ4n) is 1.86. The van der Waals surface area contributed by atoms with E-state index in [1.165, 1.54) is 7.11 Å². The third-order valence-electron chi connectivity index (χ3n) is 3.12. The highest BCUT2D eigenvalue weighted by molar-refractivity contribution is 7.80. The van der Waals surface area contributed by atoms with Crippen LogP contribution in [0, 0.1) is 6.92 Å². The number of esters is 1. The Morgan fingerprint density at radius 1 is 1.17 bits per heavy atom. The molecule has 2 rings (SSSR count). The molecule has 2 N–H and O–H groups in total. The highest BCUT2D eigenvalue weighted by atomic mass is 32.1. The number of hydrazone groups is 1. The number of carbonyl (C=O) groups excluding carboxylic acids is 1. The maximum Gasteiger partial charge on any atom is 0.337 e. The molecule has 0 aliphatic rings. The minimum atomic E-state index is -0.375. The van der Waals surface area contributed by atoms with Crippen molar-refractivity contribution in [2.75, 3.05) is 12.4 Å². The Hall–Kier alpha value is -2.73. The van der Waals surface area contributed by atoms with Crippen molar-refractivity contribution in [3.05, 3.63) is 65.2 Å². The first kappa shape index (κ1) is 16.6. The predicted molar refractivity (Wildman–Crippen MR) is 95.9 cm³/mol. The number of rotatable bonds is 4. The molecule has 0 spiro atoms. The second-order valence-electron chi connectivity index (χ2n) is 4.75. The van der Waals surface area contributed by atoms with Gasteiger partial charge < -0.3 is 10.1 Å². The monoisotopic (exact) mass is 327 g/mol. The van der Waals surface area contributed by atoms with Crippen molar-refractivity contribution in [1.29, 1.82) is 0 Å². The number of carbonyl (C=O) groups is 1. The second-order valence-corrected chi connectivity index (χ2v) is 5.16. The number of methoxy groups -OCH3 is 1. The summed E-state index contributed by atoms with van der Waals surface area (Å²) < 4.78 is 4.65. The van der Waals surface area contributed by atoms with Gasteiger partial charge in [-0.1, -0.05) is 24.3 Å². The molecule has 6 heteroatoms. The van der Waals surface area contributed by atoms with E-state index < -0.39 is 0 Å². The minimum absolute atomic E-state index is 0.362. The van der Waals surface area contributed by atoms with Gasteiger partial charge in [0.25, 0.3) is 0 Å². The second kappa shape index (κ2) is 8.05. The lowest BCUT2D eigenvalue weighted by molar-refractivity contribution is 0.0601. The number of hydrogen-bond acceptors (Lipinski definition) is 4. The van der Waals surface area contributed by atoms with Gasteiger partial charge in [-0.25, -0.2) is 4.79 Å². The summed E-state index contributed by atoms with van der Waals surface area (Å²) in [5.74, 6) is -0.375. The average Bonchev–Trinajstić information content (AvgIpc) is 2.56. The Bertz CT molecular complexity index is 727. The summed E-state index contributed by atoms with van der Waals surface area (Å²) in [4.78, 5) is 11.4. The number of benzene rings is 2. The normalized spacial score (nSPS) is 10.3. The van der Waals surface area contributed by atoms with Crippen LogP contribution in [0.15, 0.2) is 53.6 Å². The highest BCUT2D eigenvalue weighted by Crippen LogP contribution is 2.10. The van der Waals surface area contributed by atoms with Gasteiger partial charge in [0, 0.05) is 5.69 Å². The summed E-state index contributed by atoms with van der Waals surface area (Å²) >= 11 is 5.16. The van der Waals surface area contributed by atoms with Gasteiger partial charge in [0.15, 0.2) is 5.11 Å². The number of hydrogen-bond donors (Lipinski definition) is 2. The van der Waals surface area contributed by atoms with Gasteiger partial charge in [0.2, 0.25) is 0 Å². The molecular formula is C17H17N3O2S. The van der Waals surface area contributed by atoms with Crippen LogP contribution in [0.5, 0.6) is 0 Å². The number of nitrogens with one attached hydrogen (secondary N) is 2. The molecule has 0 fully saturated rings. The highest BCUT2D eigenvalue weighted by Gasteiger charge is 2.04. The molecular weight excluding hydrogens is 310 g/mol. The maximum absolute atomic E-state index is 11.4. The first-order valence-electron chi connectivity index (χ1n) is 6.94. The fourth-order valence-corrected chi connectivity index (χ4v) is 2.03. The van der Waals surface area contributed by atoms with Crippen LogP contribution in [0.1, 0.15) is 21.5 Å². The summed E-state index contributed by atoms with van der Waals surface area (Å²) in [6.07, 6.45) is 1.71. The lowest BCUT2D eigenvalue weighted by Gasteiger charge is -2.07. The summed E-state index contributed by atoms with van der Waals surface area (Å²) in [6.45, 7) is 2.01. The molecule has 0 heterocycles. The van der Waals surface area contributed by atoms with E-state index in [1.54, 1.807) is 30.5 Å². The van der Waals surface area contributed by atoms with Gasteiger partial charge in [-0.3, -0.25) is 5.43 Å². The molecule has 0 aliphatic carbocycles. The summed E-state index contributed by atoms with van der Waals surface area (Å²) in [7, 11) is 1.35. The van der Waals surface area contributed by atoms with Crippen LogP contribution in [0.3, 0.4) is 0 Å². The fraction of sp³-hybridized carbons (Fsp3) is 0.118. The van der Waals surface area contributed by atoms with E-state index in [9.17, 15) is 4.79 Å². The zero-order chi connectivity index (χ0) is 16.7. The van der Waals surface area contributed by atoms with Crippen molar-refractivity contribution in [1.82, 2.24) is 5.43 Å². The SMILES string of the molecule is COC(=O)c1ccc(NC(=S)N/N=C/c2ccccc2C)cc1. The van der Waals surface area contributed by atoms with E-state index in [-0.39, 0.29) is 5.97 Å². The van der Waals surface area contributed by atoms with Gasteiger partial charge in [-0.15, -0.1) is 0 Å². The van der Waals surface area contributed by atoms with Crippen molar-refractivity contribution in [2.45, 2.75) is 6.92 Å². The first-order valence-corrected chi connectivity index (χ1v) is 7.35. The predicted octanol–water partition coefficient (Wildman–Crippen LogP) is 3.10. The lowest BCUT2D eigenvalue weighted by atomic mass is 10.1. The first-order chi connectivity index (χ1) is 11.1. The van der Waals surface area contributed by atoms with Crippen molar-refractivity contribution in [3.63, 3.8) is 0 Å². The van der Waals surface area contributed by atoms with E-state index in [0.717, 1.165) is 16.8 Å². The van der Waals surface area contributed by atoms with Gasteiger partial charge in [-0.05, 0) is 54.5 Å². The van der Waals surface area contributed by atoms with Crippen molar-refractivity contribution in [2.24, 2.45) is 5.10 Å². The Labute approximate surface area is 140 Å². The van der Waals surface area contributed by atoms with Crippen LogP contribution in [0.25, 0.3) is 0 Å². The molecule has 0 radical (unpaired) electrons. The molecule has 0 amide bonds. The Morgan fingerprint density at radius 3 is 2.52 bits per heavy atom. The van der Waals surface area contributed by atoms with Gasteiger partial charge >= 0.3 is 5.97 Å². The largest absolute Gasteiger partial charge is 0.465 e. The van der Waals surface area contributed by atoms with E-state index >= 15 is 0 Å². The van der Waals surface area contributed by atoms with Crippen LogP contribution in [0.2, 0.25) is 0 Å². The molecule has 0 aromatic heterocycles. The van der Waals surface area contributed by atoms with Gasteiger partial charge in [0.1, 0.15) is 0 Å². The molecule has 118 valence electrons. The van der Waals surface area contributed by atoms with E-state index in [2.05, 4.69) is 20.6 Å². The zero-order valence-electron chi connectivity index (χ0n) is 12.9. The maximum atomic E-state index is 11.4. The Balaban J connectivity index is 1.90. The van der Waals surface area contributed by atoms with Crippen LogP contribution in [0.4, 0.5) is 5.69 Å². The average molecular weight is 327 g/mol. The summed E-state index contributed by atoms with van der Waals surface area (Å²) in [5, 5.41) is 7.45. The van der Waals surface area contributed by atoms with Crippen LogP contribution in [-0.2, 0) is 4.74 Å². The van der Waals surface area contributed by atoms with Crippen molar-refractivity contribution >= 4 is 35.2 Å². The molecule has 5 nitrogen and oxygen atoms in total. The molecule has 0 bridgehead atoms. The van der Waals surface area contributed by atoms with Crippen LogP contribution < -0.4 is 10.7 Å². The van der Waals surface area contributed by atoms with Crippen LogP contribution in [-0.4, -0.2) is 24.4 Å². The Kier molecular flexibility index (Phi) is 5.82. The molecule has 2 aromatic carbocycles. The molecule has 2 aromatic rings. The van der Waals surface area contributed by atoms with E-state index in [4.69, 9.17) is 12.2 Å². The third-order valence-corrected chi connectivity index (χ3v) is 3.32.